The summed E-state index contributed by atoms with van der Waals surface area (Å²) in [5.41, 5.74) is 2.32. The summed E-state index contributed by atoms with van der Waals surface area (Å²) < 4.78 is 79.6. The Hall–Kier alpha value is -11.0. The number of aromatic nitrogens is 2. The Morgan fingerprint density at radius 1 is 0.409 bits per heavy atom. The first-order chi connectivity index (χ1) is 45.0. The molecule has 0 saturated heterocycles. The molecule has 4 aliphatic carbocycles. The van der Waals surface area contributed by atoms with Crippen LogP contribution < -0.4 is 0 Å². The summed E-state index contributed by atoms with van der Waals surface area (Å²) in [6.45, 7) is -0.162. The summed E-state index contributed by atoms with van der Waals surface area (Å²) in [5.74, 6) is -10.1. The van der Waals surface area contributed by atoms with Gasteiger partial charge in [-0.15, -0.1) is 45.3 Å². The maximum absolute atomic E-state index is 17.1. The molecule has 6 heterocycles. The molecule has 0 N–H and O–H groups in total. The number of benzene rings is 6. The average molecular weight is 1310 g/mol. The van der Waals surface area contributed by atoms with E-state index in [1.165, 1.54) is 68.2 Å². The summed E-state index contributed by atoms with van der Waals surface area (Å²) in [6.07, 6.45) is 3.95. The average Bonchev–Trinajstić information content (AvgIpc) is 1.60. The van der Waals surface area contributed by atoms with Crippen molar-refractivity contribution in [3.8, 4) is 11.1 Å². The van der Waals surface area contributed by atoms with E-state index in [2.05, 4.69) is 0 Å². The number of ether oxygens (including phenoxy) is 2. The van der Waals surface area contributed by atoms with Gasteiger partial charge in [-0.05, 0) is 100 Å². The fourth-order valence-corrected chi connectivity index (χ4v) is 17.1. The number of hydrogen-bond acceptors (Lipinski definition) is 15. The van der Waals surface area contributed by atoms with E-state index in [9.17, 15) is 51.9 Å². The van der Waals surface area contributed by atoms with E-state index in [1.807, 2.05) is 30.3 Å². The van der Waals surface area contributed by atoms with E-state index in [0.717, 1.165) is 40.4 Å². The van der Waals surface area contributed by atoms with Gasteiger partial charge >= 0.3 is 12.2 Å². The van der Waals surface area contributed by atoms with E-state index in [0.29, 0.717) is 83.1 Å². The van der Waals surface area contributed by atoms with Crippen LogP contribution in [0.1, 0.15) is 89.5 Å². The van der Waals surface area contributed by atoms with Crippen molar-refractivity contribution < 1.29 is 70.2 Å². The predicted octanol–water partition coefficient (Wildman–Crippen LogP) is 16.3. The number of nitrogens with zero attached hydrogens (tertiary/aromatic N) is 2. The van der Waals surface area contributed by atoms with Gasteiger partial charge in [0.25, 0.3) is 0 Å². The van der Waals surface area contributed by atoms with Crippen LogP contribution in [-0.2, 0) is 48.3 Å². The minimum Gasteiger partial charge on any atom is -0.444 e. The maximum atomic E-state index is 17.1. The third kappa shape index (κ3) is 9.16. The Labute approximate surface area is 536 Å². The molecule has 0 spiro atoms. The molecule has 0 saturated carbocycles. The summed E-state index contributed by atoms with van der Waals surface area (Å²) in [7, 11) is 0. The second-order valence-electron chi connectivity index (χ2n) is 22.2. The molecule has 0 unspecified atom stereocenters. The fraction of sp³-hybridized carbons (Fsp3) is 0.0417. The molecular formula is C72H34F4N2O11S4. The summed E-state index contributed by atoms with van der Waals surface area (Å²) in [5, 5.41) is 0. The Morgan fingerprint density at radius 3 is 1.35 bits per heavy atom. The zero-order valence-electron chi connectivity index (χ0n) is 47.3. The lowest BCUT2D eigenvalue weighted by atomic mass is 9.95. The molecule has 0 bridgehead atoms. The molecule has 4 aliphatic rings. The quantitative estimate of drug-likeness (QED) is 0.0762. The van der Waals surface area contributed by atoms with Crippen LogP contribution in [0.25, 0.3) is 98.6 Å². The van der Waals surface area contributed by atoms with Crippen molar-refractivity contribution in [3.05, 3.63) is 244 Å². The molecular weight excluding hydrogens is 1270 g/mol. The number of fused-ring (bicyclic) bond motifs is 10. The number of ketones is 7. The molecule has 21 heteroatoms. The van der Waals surface area contributed by atoms with Crippen LogP contribution in [0, 0.1) is 23.3 Å². The van der Waals surface area contributed by atoms with Crippen molar-refractivity contribution in [1.29, 1.82) is 0 Å². The Morgan fingerprint density at radius 2 is 0.839 bits per heavy atom. The van der Waals surface area contributed by atoms with Gasteiger partial charge in [0.2, 0.25) is 34.7 Å². The molecule has 0 aliphatic heterocycles. The number of Topliss-reactive ketones (excluding diaryl/α,β-unsaturated/α-hetero) is 7. The van der Waals surface area contributed by atoms with Crippen molar-refractivity contribution >= 4 is 185 Å². The first-order valence-electron chi connectivity index (χ1n) is 28.5. The summed E-state index contributed by atoms with van der Waals surface area (Å²) in [6, 6.07) is 37.8. The molecule has 16 rings (SSSR count). The van der Waals surface area contributed by atoms with E-state index in [1.54, 1.807) is 84.9 Å². The van der Waals surface area contributed by atoms with Crippen molar-refractivity contribution in [1.82, 2.24) is 9.13 Å². The highest BCUT2D eigenvalue weighted by atomic mass is 32.1. The minimum atomic E-state index is -1.18. The number of hydrogen-bond donors (Lipinski definition) is 0. The third-order valence-corrected chi connectivity index (χ3v) is 21.3. The van der Waals surface area contributed by atoms with Gasteiger partial charge in [-0.2, -0.15) is 0 Å². The number of thiophene rings is 4. The van der Waals surface area contributed by atoms with Gasteiger partial charge in [0, 0.05) is 76.5 Å². The van der Waals surface area contributed by atoms with Crippen molar-refractivity contribution in [2.75, 3.05) is 0 Å². The SMILES string of the molecule is O=C1C(=O)c2ccccc2/C1=C/c1cc2c(s1)c1sc(/C=C3\C(=O)C(=O)c4cc(-c5c(F)cc6c(c5F)CC(=O)/C6=C\c5cc6c(s5)c5sc(/C=C7\C(=O)C(=O)c8c(F)cc(F)cc87)cc5n6C(=O)OCc5ccccc5)ccc43)cc1n2C(=O)OCc1ccccc1. The van der Waals surface area contributed by atoms with Gasteiger partial charge in [-0.25, -0.2) is 36.3 Å². The standard InChI is InChI=1S/C72H34F4N2O11S4/c73-35-18-45-50(65(84)66(85)59(45)51(74)19-35)23-39-27-56-68(93-39)67-53(77(56)71(86)88-30-32-9-3-1-4-10-32)24-36(90-67)20-44-43-28-52(75)58(60(76)46(43)29-57(44)79)34-15-16-41-47(17-34)62(81)64(83)49(41)22-38-26-55-70(92-38)69-54(78(55)72(87)89-31-33-11-5-2-6-12-33)25-37(91-69)21-48-40-13-7-8-14-42(40)61(80)63(48)82/h1-28H,29-31H2/b44-20-,48-21-,49-22-,50-23-. The minimum absolute atomic E-state index is 0.00489. The number of halogens is 4. The van der Waals surface area contributed by atoms with Crippen molar-refractivity contribution in [2.24, 2.45) is 0 Å². The largest absolute Gasteiger partial charge is 0.444 e. The fourth-order valence-electron chi connectivity index (χ4n) is 12.5. The molecule has 93 heavy (non-hydrogen) atoms. The van der Waals surface area contributed by atoms with Gasteiger partial charge in [0.15, 0.2) is 5.78 Å². The second-order valence-corrected chi connectivity index (χ2v) is 26.5. The topological polar surface area (TPSA) is 182 Å². The molecule has 6 aromatic heterocycles. The van der Waals surface area contributed by atoms with Gasteiger partial charge in [-0.1, -0.05) is 97.1 Å². The lowest BCUT2D eigenvalue weighted by molar-refractivity contribution is -0.113. The van der Waals surface area contributed by atoms with Crippen LogP contribution in [0.3, 0.4) is 0 Å². The lowest BCUT2D eigenvalue weighted by Gasteiger charge is -2.11. The highest BCUT2D eigenvalue weighted by Gasteiger charge is 2.39. The van der Waals surface area contributed by atoms with Crippen LogP contribution in [0.15, 0.2) is 146 Å². The molecule has 0 fully saturated rings. The van der Waals surface area contributed by atoms with Crippen LogP contribution in [-0.4, -0.2) is 61.8 Å². The normalized spacial score (nSPS) is 16.1. The molecule has 450 valence electrons. The number of carbonyl (C=O) groups excluding carboxylic acids is 9. The van der Waals surface area contributed by atoms with Crippen LogP contribution in [0.4, 0.5) is 27.2 Å². The van der Waals surface area contributed by atoms with Gasteiger partial charge in [0.05, 0.1) is 52.0 Å². The number of rotatable bonds is 9. The summed E-state index contributed by atoms with van der Waals surface area (Å²) >= 11 is 4.76. The van der Waals surface area contributed by atoms with Gasteiger partial charge in [0.1, 0.15) is 36.5 Å². The Balaban J connectivity index is 0.727. The number of carbonyl (C=O) groups is 9. The molecule has 6 aromatic carbocycles. The Kier molecular flexibility index (Phi) is 13.3. The van der Waals surface area contributed by atoms with E-state index < -0.39 is 93.5 Å². The first kappa shape index (κ1) is 57.2. The first-order valence-corrected chi connectivity index (χ1v) is 31.7. The Bertz CT molecular complexity index is 5670. The molecule has 13 nitrogen and oxygen atoms in total. The zero-order valence-corrected chi connectivity index (χ0v) is 50.6. The highest BCUT2D eigenvalue weighted by molar-refractivity contribution is 7.29. The molecule has 0 atom stereocenters. The monoisotopic (exact) mass is 1310 g/mol. The van der Waals surface area contributed by atoms with Crippen LogP contribution in [0.2, 0.25) is 0 Å². The van der Waals surface area contributed by atoms with Gasteiger partial charge in [-0.3, -0.25) is 33.6 Å². The summed E-state index contributed by atoms with van der Waals surface area (Å²) in [4.78, 5) is 124. The van der Waals surface area contributed by atoms with Crippen molar-refractivity contribution in [2.45, 2.75) is 19.6 Å². The van der Waals surface area contributed by atoms with E-state index in [4.69, 9.17) is 9.47 Å². The predicted molar refractivity (Wildman–Crippen MR) is 347 cm³/mol. The third-order valence-electron chi connectivity index (χ3n) is 16.7. The molecule has 0 amide bonds. The van der Waals surface area contributed by atoms with Crippen LogP contribution >= 0.6 is 45.3 Å². The molecule has 0 radical (unpaired) electrons. The van der Waals surface area contributed by atoms with Crippen LogP contribution in [0.5, 0.6) is 0 Å². The van der Waals surface area contributed by atoms with E-state index in [-0.39, 0.29) is 68.9 Å². The lowest BCUT2D eigenvalue weighted by Crippen LogP contribution is -2.12. The van der Waals surface area contributed by atoms with Crippen molar-refractivity contribution in [3.63, 3.8) is 0 Å². The zero-order chi connectivity index (χ0) is 64.0. The van der Waals surface area contributed by atoms with E-state index >= 15 is 8.78 Å². The maximum Gasteiger partial charge on any atom is 0.419 e. The number of allylic oxidation sites excluding steroid dienone is 4. The molecule has 12 aromatic rings. The highest BCUT2D eigenvalue weighted by Crippen LogP contribution is 2.48. The van der Waals surface area contributed by atoms with Gasteiger partial charge < -0.3 is 9.47 Å². The second kappa shape index (κ2) is 21.6. The smallest absolute Gasteiger partial charge is 0.419 e.